The maximum absolute atomic E-state index is 9.25. The monoisotopic (exact) mass is 189 g/mol. The lowest BCUT2D eigenvalue weighted by molar-refractivity contribution is 0.282. The summed E-state index contributed by atoms with van der Waals surface area (Å²) in [4.78, 5) is 2.17. The Labute approximate surface area is 84.5 Å². The number of aliphatic hydroxyl groups excluding tert-OH is 1. The van der Waals surface area contributed by atoms with E-state index < -0.39 is 0 Å². The second kappa shape index (κ2) is 3.46. The fraction of sp³-hybridized carbons (Fsp3) is 0.333. The number of hydrogen-bond donors (Lipinski definition) is 1. The first-order valence-corrected chi connectivity index (χ1v) is 4.85. The van der Waals surface area contributed by atoms with Crippen molar-refractivity contribution in [2.45, 2.75) is 13.5 Å². The smallest absolute Gasteiger partial charge is 0.0702 e. The Morgan fingerprint density at radius 1 is 1.43 bits per heavy atom. The molecule has 0 unspecified atom stereocenters. The molecule has 1 aliphatic heterocycles. The molecular weight excluding hydrogens is 174 g/mol. The summed E-state index contributed by atoms with van der Waals surface area (Å²) in [7, 11) is 2.06. The van der Waals surface area contributed by atoms with Gasteiger partial charge in [-0.05, 0) is 12.5 Å². The minimum absolute atomic E-state index is 0.112. The Morgan fingerprint density at radius 3 is 2.93 bits per heavy atom. The van der Waals surface area contributed by atoms with Gasteiger partial charge in [0.05, 0.1) is 6.61 Å². The summed E-state index contributed by atoms with van der Waals surface area (Å²) >= 11 is 0. The third-order valence-electron chi connectivity index (χ3n) is 2.77. The Hall–Kier alpha value is -1.28. The molecule has 0 bridgehead atoms. The van der Waals surface area contributed by atoms with Crippen LogP contribution < -0.4 is 4.90 Å². The van der Waals surface area contributed by atoms with Crippen LogP contribution >= 0.6 is 0 Å². The average molecular weight is 189 g/mol. The minimum atomic E-state index is 0.112. The summed E-state index contributed by atoms with van der Waals surface area (Å²) < 4.78 is 0. The molecule has 0 atom stereocenters. The molecule has 0 saturated carbocycles. The molecule has 0 amide bonds. The third-order valence-corrected chi connectivity index (χ3v) is 2.77. The van der Waals surface area contributed by atoms with Crippen molar-refractivity contribution in [2.75, 3.05) is 18.5 Å². The molecule has 0 saturated heterocycles. The number of fused-ring (bicyclic) bond motifs is 1. The maximum atomic E-state index is 9.25. The number of anilines is 1. The third kappa shape index (κ3) is 1.32. The van der Waals surface area contributed by atoms with E-state index in [9.17, 15) is 5.11 Å². The van der Waals surface area contributed by atoms with Crippen molar-refractivity contribution >= 4 is 11.3 Å². The molecule has 74 valence electrons. The van der Waals surface area contributed by atoms with Gasteiger partial charge in [-0.1, -0.05) is 24.3 Å². The van der Waals surface area contributed by atoms with Crippen molar-refractivity contribution in [3.8, 4) is 0 Å². The molecule has 0 aromatic heterocycles. The normalized spacial score (nSPS) is 15.1. The highest BCUT2D eigenvalue weighted by molar-refractivity contribution is 5.80. The lowest BCUT2D eigenvalue weighted by Gasteiger charge is -2.28. The fourth-order valence-corrected chi connectivity index (χ4v) is 1.96. The molecule has 1 N–H and O–H groups in total. The van der Waals surface area contributed by atoms with E-state index in [4.69, 9.17) is 0 Å². The molecule has 0 spiro atoms. The zero-order valence-electron chi connectivity index (χ0n) is 8.62. The second-order valence-corrected chi connectivity index (χ2v) is 3.74. The van der Waals surface area contributed by atoms with E-state index in [0.717, 1.165) is 12.1 Å². The highest BCUT2D eigenvalue weighted by Gasteiger charge is 2.16. The molecule has 14 heavy (non-hydrogen) atoms. The van der Waals surface area contributed by atoms with E-state index in [0.29, 0.717) is 0 Å². The van der Waals surface area contributed by atoms with Gasteiger partial charge in [-0.2, -0.15) is 0 Å². The fourth-order valence-electron chi connectivity index (χ4n) is 1.96. The number of benzene rings is 1. The van der Waals surface area contributed by atoms with E-state index in [-0.39, 0.29) is 6.61 Å². The second-order valence-electron chi connectivity index (χ2n) is 3.74. The lowest BCUT2D eigenvalue weighted by atomic mass is 9.97. The van der Waals surface area contributed by atoms with Gasteiger partial charge >= 0.3 is 0 Å². The largest absolute Gasteiger partial charge is 0.392 e. The minimum Gasteiger partial charge on any atom is -0.392 e. The molecule has 0 aliphatic carbocycles. The molecule has 1 heterocycles. The van der Waals surface area contributed by atoms with E-state index in [1.54, 1.807) is 0 Å². The first-order valence-electron chi connectivity index (χ1n) is 4.85. The van der Waals surface area contributed by atoms with Crippen LogP contribution in [-0.4, -0.2) is 18.7 Å². The molecule has 1 aromatic rings. The van der Waals surface area contributed by atoms with Crippen LogP contribution in [0.5, 0.6) is 0 Å². The molecule has 0 radical (unpaired) electrons. The number of aliphatic hydroxyl groups is 1. The molecule has 1 aromatic carbocycles. The molecule has 2 nitrogen and oxygen atoms in total. The zero-order valence-corrected chi connectivity index (χ0v) is 8.62. The van der Waals surface area contributed by atoms with Gasteiger partial charge in [-0.3, -0.25) is 0 Å². The summed E-state index contributed by atoms with van der Waals surface area (Å²) in [6, 6.07) is 6.09. The van der Waals surface area contributed by atoms with Crippen LogP contribution in [0.2, 0.25) is 0 Å². The van der Waals surface area contributed by atoms with Crippen LogP contribution in [0.3, 0.4) is 0 Å². The Kier molecular flexibility index (Phi) is 2.30. The Bertz CT molecular complexity index is 382. The van der Waals surface area contributed by atoms with Crippen LogP contribution in [0.4, 0.5) is 5.69 Å². The van der Waals surface area contributed by atoms with Crippen molar-refractivity contribution in [1.29, 1.82) is 0 Å². The van der Waals surface area contributed by atoms with Crippen LogP contribution in [-0.2, 0) is 6.61 Å². The SMILES string of the molecule is CC1=CCN(C)c2c(CO)cccc21. The Morgan fingerprint density at radius 2 is 2.21 bits per heavy atom. The summed E-state index contributed by atoms with van der Waals surface area (Å²) in [6.45, 7) is 3.16. The molecule has 1 aliphatic rings. The highest BCUT2D eigenvalue weighted by Crippen LogP contribution is 2.33. The van der Waals surface area contributed by atoms with Gasteiger partial charge < -0.3 is 10.0 Å². The van der Waals surface area contributed by atoms with Gasteiger partial charge in [0.25, 0.3) is 0 Å². The van der Waals surface area contributed by atoms with Crippen LogP contribution in [0.1, 0.15) is 18.1 Å². The first-order chi connectivity index (χ1) is 6.74. The van der Waals surface area contributed by atoms with Crippen LogP contribution in [0, 0.1) is 0 Å². The topological polar surface area (TPSA) is 23.5 Å². The predicted octanol–water partition coefficient (Wildman–Crippen LogP) is 2.03. The van der Waals surface area contributed by atoms with Crippen LogP contribution in [0.25, 0.3) is 5.57 Å². The van der Waals surface area contributed by atoms with Crippen molar-refractivity contribution in [3.63, 3.8) is 0 Å². The quantitative estimate of drug-likeness (QED) is 0.730. The zero-order chi connectivity index (χ0) is 10.1. The van der Waals surface area contributed by atoms with Crippen LogP contribution in [0.15, 0.2) is 24.3 Å². The van der Waals surface area contributed by atoms with Crippen molar-refractivity contribution in [3.05, 3.63) is 35.4 Å². The van der Waals surface area contributed by atoms with Crippen molar-refractivity contribution in [2.24, 2.45) is 0 Å². The van der Waals surface area contributed by atoms with E-state index in [2.05, 4.69) is 31.0 Å². The highest BCUT2D eigenvalue weighted by atomic mass is 16.3. The van der Waals surface area contributed by atoms with Gasteiger partial charge in [0.2, 0.25) is 0 Å². The number of hydrogen-bond acceptors (Lipinski definition) is 2. The number of para-hydroxylation sites is 1. The van der Waals surface area contributed by atoms with Crippen molar-refractivity contribution in [1.82, 2.24) is 0 Å². The molecular formula is C12H15NO. The summed E-state index contributed by atoms with van der Waals surface area (Å²) in [5.41, 5.74) is 4.73. The molecule has 2 heteroatoms. The predicted molar refractivity (Wildman–Crippen MR) is 59.3 cm³/mol. The maximum Gasteiger partial charge on any atom is 0.0702 e. The van der Waals surface area contributed by atoms with Gasteiger partial charge in [0, 0.05) is 30.4 Å². The van der Waals surface area contributed by atoms with Gasteiger partial charge in [-0.25, -0.2) is 0 Å². The summed E-state index contributed by atoms with van der Waals surface area (Å²) in [5.74, 6) is 0. The number of nitrogens with zero attached hydrogens (tertiary/aromatic N) is 1. The van der Waals surface area contributed by atoms with Gasteiger partial charge in [0.15, 0.2) is 0 Å². The standard InChI is InChI=1S/C12H15NO/c1-9-6-7-13(2)12-10(8-14)4-3-5-11(9)12/h3-6,14H,7-8H2,1-2H3. The molecule has 2 rings (SSSR count). The number of likely N-dealkylation sites (N-methyl/N-ethyl adjacent to an activating group) is 1. The Balaban J connectivity index is 2.62. The first kappa shape index (κ1) is 9.28. The van der Waals surface area contributed by atoms with Gasteiger partial charge in [0.1, 0.15) is 0 Å². The van der Waals surface area contributed by atoms with E-state index >= 15 is 0 Å². The summed E-state index contributed by atoms with van der Waals surface area (Å²) in [6.07, 6.45) is 2.21. The summed E-state index contributed by atoms with van der Waals surface area (Å²) in [5, 5.41) is 9.25. The lowest BCUT2D eigenvalue weighted by Crippen LogP contribution is -2.23. The number of rotatable bonds is 1. The molecule has 0 fully saturated rings. The number of allylic oxidation sites excluding steroid dienone is 1. The van der Waals surface area contributed by atoms with E-state index in [1.165, 1.54) is 16.8 Å². The average Bonchev–Trinajstić information content (AvgIpc) is 2.23. The van der Waals surface area contributed by atoms with E-state index in [1.807, 2.05) is 12.1 Å². The van der Waals surface area contributed by atoms with Crippen molar-refractivity contribution < 1.29 is 5.11 Å². The van der Waals surface area contributed by atoms with Gasteiger partial charge in [-0.15, -0.1) is 0 Å².